The predicted molar refractivity (Wildman–Crippen MR) is 214 cm³/mol. The van der Waals surface area contributed by atoms with Crippen LogP contribution in [0, 0.1) is 11.7 Å². The Morgan fingerprint density at radius 2 is 1.49 bits per heavy atom. The van der Waals surface area contributed by atoms with Crippen LogP contribution in [0.1, 0.15) is 114 Å². The number of nitrogens with zero attached hydrogens (tertiary/aromatic N) is 1. The van der Waals surface area contributed by atoms with Crippen molar-refractivity contribution in [3.8, 4) is 0 Å². The van der Waals surface area contributed by atoms with E-state index in [1.165, 1.54) is 77.2 Å². The van der Waals surface area contributed by atoms with E-state index in [2.05, 4.69) is 6.92 Å². The number of unbranched alkanes of at least 4 members (excludes halogenated alkanes) is 11. The number of halogens is 2. The molecule has 2 aromatic carbocycles. The molecule has 10 heteroatoms. The van der Waals surface area contributed by atoms with Crippen LogP contribution in [0.5, 0.6) is 0 Å². The predicted octanol–water partition coefficient (Wildman–Crippen LogP) is 9.55. The number of ketones is 1. The first-order valence-electron chi connectivity index (χ1n) is 20.2. The zero-order valence-electron chi connectivity index (χ0n) is 32.8. The number of benzene rings is 2. The standard InChI is InChI=1S/C45H59ClFNO7/c1-4-6-7-8-9-10-11-12-13-14-15-18-24-54-42(50)27-32-20-16-17-21-34(32)31-55-45(52)38-29-48(36(5-2)30-49)40-28-41(53-3)35(26-37(40)44(38)51)25-33-22-19-23-39(46)43(33)47/h16-17,19-23,26,28-29,36-37,40,49H,4-15,18,24-25,27,30-31H2,1-3H3/t36-,37?,40?/m1/s1. The van der Waals surface area contributed by atoms with Gasteiger partial charge in [-0.15, -0.1) is 0 Å². The minimum absolute atomic E-state index is 0.00960. The number of esters is 2. The van der Waals surface area contributed by atoms with Crippen molar-refractivity contribution in [2.45, 2.75) is 129 Å². The number of carbonyl (C=O) groups excluding carboxylic acids is 3. The molecule has 0 saturated heterocycles. The number of aliphatic hydroxyl groups is 1. The summed E-state index contributed by atoms with van der Waals surface area (Å²) in [5, 5.41) is 10.3. The summed E-state index contributed by atoms with van der Waals surface area (Å²) in [5.74, 6) is -2.52. The molecular weight excluding hydrogens is 721 g/mol. The highest BCUT2D eigenvalue weighted by molar-refractivity contribution is 6.30. The Hall–Kier alpha value is -3.95. The second-order valence-corrected chi connectivity index (χ2v) is 15.0. The molecule has 0 amide bonds. The molecule has 0 fully saturated rings. The Morgan fingerprint density at radius 3 is 2.13 bits per heavy atom. The molecule has 1 aliphatic heterocycles. The second kappa shape index (κ2) is 23.2. The summed E-state index contributed by atoms with van der Waals surface area (Å²) in [4.78, 5) is 42.2. The molecule has 1 heterocycles. The molecular formula is C45H59ClFNO7. The van der Waals surface area contributed by atoms with Gasteiger partial charge >= 0.3 is 11.9 Å². The molecule has 0 radical (unpaired) electrons. The summed E-state index contributed by atoms with van der Waals surface area (Å²) >= 11 is 6.04. The normalized spacial score (nSPS) is 17.2. The molecule has 0 aromatic heterocycles. The molecule has 0 saturated carbocycles. The Kier molecular flexibility index (Phi) is 18.5. The highest BCUT2D eigenvalue weighted by Gasteiger charge is 2.43. The van der Waals surface area contributed by atoms with Gasteiger partial charge in [0.15, 0.2) is 5.78 Å². The van der Waals surface area contributed by atoms with E-state index in [0.29, 0.717) is 41.1 Å². The van der Waals surface area contributed by atoms with Crippen LogP contribution in [-0.2, 0) is 48.0 Å². The number of allylic oxidation sites excluding steroid dienone is 1. The third kappa shape index (κ3) is 12.8. The van der Waals surface area contributed by atoms with Crippen molar-refractivity contribution in [1.82, 2.24) is 4.90 Å². The average Bonchev–Trinajstić information content (AvgIpc) is 3.19. The van der Waals surface area contributed by atoms with Crippen LogP contribution in [0.3, 0.4) is 0 Å². The smallest absolute Gasteiger partial charge is 0.343 e. The molecule has 0 spiro atoms. The van der Waals surface area contributed by atoms with Gasteiger partial charge in [0.1, 0.15) is 23.8 Å². The van der Waals surface area contributed by atoms with E-state index in [1.807, 2.05) is 13.0 Å². The third-order valence-electron chi connectivity index (χ3n) is 10.6. The van der Waals surface area contributed by atoms with E-state index in [4.69, 9.17) is 25.8 Å². The fraction of sp³-hybridized carbons (Fsp3) is 0.533. The van der Waals surface area contributed by atoms with Crippen LogP contribution in [0.2, 0.25) is 5.02 Å². The summed E-state index contributed by atoms with van der Waals surface area (Å²) in [6.45, 7) is 4.16. The van der Waals surface area contributed by atoms with Crippen LogP contribution >= 0.6 is 11.6 Å². The molecule has 300 valence electrons. The number of hydrogen-bond acceptors (Lipinski definition) is 8. The fourth-order valence-electron chi connectivity index (χ4n) is 7.34. The maximum Gasteiger partial charge on any atom is 0.343 e. The molecule has 2 aliphatic rings. The largest absolute Gasteiger partial charge is 0.497 e. The number of ether oxygens (including phenoxy) is 3. The minimum Gasteiger partial charge on any atom is -0.497 e. The number of aliphatic hydroxyl groups excluding tert-OH is 1. The van der Waals surface area contributed by atoms with Gasteiger partial charge in [0, 0.05) is 12.6 Å². The van der Waals surface area contributed by atoms with Gasteiger partial charge in [-0.3, -0.25) is 9.59 Å². The van der Waals surface area contributed by atoms with Gasteiger partial charge in [0.2, 0.25) is 0 Å². The first-order chi connectivity index (χ1) is 26.7. The number of fused-ring (bicyclic) bond motifs is 1. The Bertz CT molecular complexity index is 1670. The van der Waals surface area contributed by atoms with Gasteiger partial charge in [-0.05, 0) is 47.2 Å². The quantitative estimate of drug-likeness (QED) is 0.0639. The van der Waals surface area contributed by atoms with Crippen LogP contribution in [0.15, 0.2) is 77.7 Å². The second-order valence-electron chi connectivity index (χ2n) is 14.6. The van der Waals surface area contributed by atoms with Crippen molar-refractivity contribution < 1.29 is 38.1 Å². The Morgan fingerprint density at radius 1 is 0.855 bits per heavy atom. The molecule has 3 atom stereocenters. The van der Waals surface area contributed by atoms with Crippen LogP contribution < -0.4 is 0 Å². The molecule has 8 nitrogen and oxygen atoms in total. The van der Waals surface area contributed by atoms with Crippen LogP contribution in [-0.4, -0.2) is 60.1 Å². The topological polar surface area (TPSA) is 102 Å². The first kappa shape index (κ1) is 43.8. The van der Waals surface area contributed by atoms with E-state index >= 15 is 0 Å². The zero-order chi connectivity index (χ0) is 39.6. The average molecular weight is 780 g/mol. The molecule has 1 N–H and O–H groups in total. The summed E-state index contributed by atoms with van der Waals surface area (Å²) in [6.07, 6.45) is 20.4. The van der Waals surface area contributed by atoms with E-state index in [-0.39, 0.29) is 42.6 Å². The Balaban J connectivity index is 1.34. The molecule has 0 bridgehead atoms. The van der Waals surface area contributed by atoms with Gasteiger partial charge < -0.3 is 24.2 Å². The lowest BCUT2D eigenvalue weighted by Crippen LogP contribution is -2.51. The highest BCUT2D eigenvalue weighted by atomic mass is 35.5. The van der Waals surface area contributed by atoms with Gasteiger partial charge in [-0.25, -0.2) is 9.18 Å². The lowest BCUT2D eigenvalue weighted by molar-refractivity contribution is -0.143. The fourth-order valence-corrected chi connectivity index (χ4v) is 7.54. The van der Waals surface area contributed by atoms with Gasteiger partial charge in [0.05, 0.1) is 49.8 Å². The van der Waals surface area contributed by atoms with E-state index in [0.717, 1.165) is 19.3 Å². The SMILES string of the molecule is CCCCCCCCCCCCCCOC(=O)Cc1ccccc1COC(=O)C1=CN([C@H](CC)CO)C2C=C(OC)C(Cc3cccc(Cl)c3F)=CC2C1=O. The molecule has 2 aromatic rings. The highest BCUT2D eigenvalue weighted by Crippen LogP contribution is 2.37. The maximum atomic E-state index is 14.9. The van der Waals surface area contributed by atoms with Crippen molar-refractivity contribution in [3.63, 3.8) is 0 Å². The van der Waals surface area contributed by atoms with Crippen LogP contribution in [0.4, 0.5) is 4.39 Å². The number of Topliss-reactive ketones (excluding diaryl/α,β-unsaturated/α-hetero) is 1. The third-order valence-corrected chi connectivity index (χ3v) is 10.9. The number of carbonyl (C=O) groups is 3. The monoisotopic (exact) mass is 779 g/mol. The molecule has 1 aliphatic carbocycles. The minimum atomic E-state index is -0.823. The molecule has 4 rings (SSSR count). The number of methoxy groups -OCH3 is 1. The van der Waals surface area contributed by atoms with Crippen molar-refractivity contribution >= 4 is 29.3 Å². The van der Waals surface area contributed by atoms with Crippen molar-refractivity contribution in [2.24, 2.45) is 5.92 Å². The summed E-state index contributed by atoms with van der Waals surface area (Å²) < 4.78 is 31.8. The molecule has 2 unspecified atom stereocenters. The summed E-state index contributed by atoms with van der Waals surface area (Å²) in [6, 6.07) is 11.0. The lowest BCUT2D eigenvalue weighted by atomic mass is 9.79. The first-order valence-corrected chi connectivity index (χ1v) is 20.5. The van der Waals surface area contributed by atoms with Gasteiger partial charge in [0.25, 0.3) is 0 Å². The zero-order valence-corrected chi connectivity index (χ0v) is 33.6. The number of hydrogen-bond donors (Lipinski definition) is 1. The number of rotatable bonds is 24. The van der Waals surface area contributed by atoms with Crippen molar-refractivity contribution in [2.75, 3.05) is 20.3 Å². The van der Waals surface area contributed by atoms with Crippen LogP contribution in [0.25, 0.3) is 0 Å². The summed E-state index contributed by atoms with van der Waals surface area (Å²) in [7, 11) is 1.50. The van der Waals surface area contributed by atoms with E-state index in [1.54, 1.807) is 47.4 Å². The van der Waals surface area contributed by atoms with Gasteiger partial charge in [-0.2, -0.15) is 0 Å². The molecule has 55 heavy (non-hydrogen) atoms. The van der Waals surface area contributed by atoms with Crippen molar-refractivity contribution in [3.05, 3.63) is 105 Å². The Labute approximate surface area is 331 Å². The van der Waals surface area contributed by atoms with Gasteiger partial charge in [-0.1, -0.05) is 139 Å². The van der Waals surface area contributed by atoms with Crippen molar-refractivity contribution in [1.29, 1.82) is 0 Å². The van der Waals surface area contributed by atoms with E-state index in [9.17, 15) is 23.9 Å². The summed E-state index contributed by atoms with van der Waals surface area (Å²) in [5.41, 5.74) is 2.06. The maximum absolute atomic E-state index is 14.9. The lowest BCUT2D eigenvalue weighted by Gasteiger charge is -2.43. The van der Waals surface area contributed by atoms with E-state index < -0.39 is 35.6 Å².